The molecule has 0 spiro atoms. The van der Waals surface area contributed by atoms with Crippen molar-refractivity contribution < 1.29 is 4.74 Å². The zero-order chi connectivity index (χ0) is 15.4. The van der Waals surface area contributed by atoms with E-state index in [1.807, 2.05) is 24.3 Å². The molecule has 3 nitrogen and oxygen atoms in total. The quantitative estimate of drug-likeness (QED) is 0.748. The third-order valence-electron chi connectivity index (χ3n) is 3.81. The molecular weight excluding hydrogens is 272 g/mol. The van der Waals surface area contributed by atoms with Crippen molar-refractivity contribution >= 4 is 10.9 Å². The van der Waals surface area contributed by atoms with Crippen LogP contribution in [0, 0.1) is 0 Å². The number of hydrogen-bond acceptors (Lipinski definition) is 2. The van der Waals surface area contributed by atoms with Gasteiger partial charge in [0.05, 0.1) is 0 Å². The lowest BCUT2D eigenvalue weighted by molar-refractivity contribution is 0.310. The molecule has 3 aromatic rings. The van der Waals surface area contributed by atoms with E-state index in [-0.39, 0.29) is 0 Å². The number of nitrogens with one attached hydrogen (secondary N) is 1. The van der Waals surface area contributed by atoms with Gasteiger partial charge in [-0.3, -0.25) is 0 Å². The van der Waals surface area contributed by atoms with Gasteiger partial charge in [-0.25, -0.2) is 0 Å². The van der Waals surface area contributed by atoms with E-state index < -0.39 is 0 Å². The molecule has 1 N–H and O–H groups in total. The number of hydrogen-bond donors (Lipinski definition) is 1. The molecule has 0 saturated heterocycles. The number of ether oxygens (including phenoxy) is 1. The van der Waals surface area contributed by atoms with E-state index in [0.29, 0.717) is 6.61 Å². The molecule has 3 heteroatoms. The molecule has 0 aliphatic heterocycles. The smallest absolute Gasteiger partial charge is 0.129 e. The Morgan fingerprint density at radius 3 is 2.59 bits per heavy atom. The van der Waals surface area contributed by atoms with E-state index in [1.165, 1.54) is 16.5 Å². The second kappa shape index (κ2) is 6.67. The van der Waals surface area contributed by atoms with Crippen LogP contribution in [0.15, 0.2) is 54.7 Å². The summed E-state index contributed by atoms with van der Waals surface area (Å²) < 4.78 is 6.08. The first kappa shape index (κ1) is 14.7. The fraction of sp³-hybridized carbons (Fsp3) is 0.263. The Balaban J connectivity index is 1.83. The Labute approximate surface area is 131 Å². The summed E-state index contributed by atoms with van der Waals surface area (Å²) in [6.07, 6.45) is 3.11. The Morgan fingerprint density at radius 2 is 1.82 bits per heavy atom. The Bertz CT molecular complexity index is 732. The molecule has 0 fully saturated rings. The highest BCUT2D eigenvalue weighted by atomic mass is 16.5. The molecule has 0 atom stereocenters. The van der Waals surface area contributed by atoms with Crippen LogP contribution in [0.4, 0.5) is 0 Å². The second-order valence-electron chi connectivity index (χ2n) is 5.82. The van der Waals surface area contributed by atoms with Gasteiger partial charge < -0.3 is 14.6 Å². The number of aromatic amines is 1. The second-order valence-corrected chi connectivity index (χ2v) is 5.82. The van der Waals surface area contributed by atoms with Crippen molar-refractivity contribution in [2.75, 3.05) is 20.6 Å². The van der Waals surface area contributed by atoms with Gasteiger partial charge in [-0.15, -0.1) is 0 Å². The third kappa shape index (κ3) is 3.31. The SMILES string of the molecule is CN(C)CCc1c[nH]c2cccc(OCc3ccccc3)c12. The van der Waals surface area contributed by atoms with E-state index in [9.17, 15) is 0 Å². The van der Waals surface area contributed by atoms with Gasteiger partial charge in [0.25, 0.3) is 0 Å². The molecule has 0 aliphatic rings. The summed E-state index contributed by atoms with van der Waals surface area (Å²) >= 11 is 0. The number of nitrogens with zero attached hydrogens (tertiary/aromatic N) is 1. The van der Waals surface area contributed by atoms with E-state index in [2.05, 4.69) is 54.4 Å². The van der Waals surface area contributed by atoms with Gasteiger partial charge >= 0.3 is 0 Å². The van der Waals surface area contributed by atoms with Crippen molar-refractivity contribution in [1.82, 2.24) is 9.88 Å². The normalized spacial score (nSPS) is 11.2. The Kier molecular flexibility index (Phi) is 4.45. The summed E-state index contributed by atoms with van der Waals surface area (Å²) in [7, 11) is 4.20. The largest absolute Gasteiger partial charge is 0.488 e. The molecule has 114 valence electrons. The van der Waals surface area contributed by atoms with Crippen LogP contribution in [0.3, 0.4) is 0 Å². The van der Waals surface area contributed by atoms with Crippen LogP contribution >= 0.6 is 0 Å². The number of benzene rings is 2. The minimum Gasteiger partial charge on any atom is -0.488 e. The van der Waals surface area contributed by atoms with E-state index in [4.69, 9.17) is 4.74 Å². The van der Waals surface area contributed by atoms with Crippen LogP contribution in [0.25, 0.3) is 10.9 Å². The molecule has 0 unspecified atom stereocenters. The summed E-state index contributed by atoms with van der Waals surface area (Å²) in [4.78, 5) is 5.55. The first-order valence-corrected chi connectivity index (χ1v) is 7.64. The van der Waals surface area contributed by atoms with Crippen LogP contribution in [0.1, 0.15) is 11.1 Å². The van der Waals surface area contributed by atoms with Gasteiger partial charge in [-0.05, 0) is 43.8 Å². The Morgan fingerprint density at radius 1 is 1.00 bits per heavy atom. The number of aromatic nitrogens is 1. The molecule has 0 saturated carbocycles. The predicted octanol–water partition coefficient (Wildman–Crippen LogP) is 3.85. The summed E-state index contributed by atoms with van der Waals surface area (Å²) in [5.74, 6) is 0.955. The monoisotopic (exact) mass is 294 g/mol. The lowest BCUT2D eigenvalue weighted by atomic mass is 10.1. The van der Waals surface area contributed by atoms with Gasteiger partial charge in [0, 0.05) is 23.6 Å². The zero-order valence-electron chi connectivity index (χ0n) is 13.2. The summed E-state index contributed by atoms with van der Waals surface area (Å²) in [5, 5.41) is 1.21. The standard InChI is InChI=1S/C19H22N2O/c1-21(2)12-11-16-13-20-17-9-6-10-18(19(16)17)22-14-15-7-4-3-5-8-15/h3-10,13,20H,11-12,14H2,1-2H3. The maximum Gasteiger partial charge on any atom is 0.129 e. The minimum absolute atomic E-state index is 0.595. The number of H-pyrrole nitrogens is 1. The van der Waals surface area contributed by atoms with Crippen molar-refractivity contribution in [3.63, 3.8) is 0 Å². The maximum atomic E-state index is 6.08. The number of fused-ring (bicyclic) bond motifs is 1. The van der Waals surface area contributed by atoms with Gasteiger partial charge in [0.15, 0.2) is 0 Å². The van der Waals surface area contributed by atoms with E-state index >= 15 is 0 Å². The topological polar surface area (TPSA) is 28.3 Å². The lowest BCUT2D eigenvalue weighted by Crippen LogP contribution is -2.14. The molecule has 0 radical (unpaired) electrons. The molecule has 2 aromatic carbocycles. The van der Waals surface area contributed by atoms with Crippen LogP contribution in [-0.2, 0) is 13.0 Å². The molecular formula is C19H22N2O. The van der Waals surface area contributed by atoms with Gasteiger partial charge in [0.1, 0.15) is 12.4 Å². The number of likely N-dealkylation sites (N-methyl/N-ethyl adjacent to an activating group) is 1. The van der Waals surface area contributed by atoms with Gasteiger partial charge in [0.2, 0.25) is 0 Å². The van der Waals surface area contributed by atoms with Crippen molar-refractivity contribution in [2.45, 2.75) is 13.0 Å². The molecule has 22 heavy (non-hydrogen) atoms. The van der Waals surface area contributed by atoms with Crippen LogP contribution in [0.5, 0.6) is 5.75 Å². The fourth-order valence-corrected chi connectivity index (χ4v) is 2.62. The van der Waals surface area contributed by atoms with Crippen molar-refractivity contribution in [3.05, 3.63) is 65.9 Å². The zero-order valence-corrected chi connectivity index (χ0v) is 13.2. The highest BCUT2D eigenvalue weighted by Gasteiger charge is 2.10. The molecule has 0 bridgehead atoms. The molecule has 1 heterocycles. The van der Waals surface area contributed by atoms with Crippen LogP contribution in [0.2, 0.25) is 0 Å². The Hall–Kier alpha value is -2.26. The van der Waals surface area contributed by atoms with E-state index in [0.717, 1.165) is 24.2 Å². The molecule has 1 aromatic heterocycles. The molecule has 3 rings (SSSR count). The summed E-state index contributed by atoms with van der Waals surface area (Å²) in [6.45, 7) is 1.62. The third-order valence-corrected chi connectivity index (χ3v) is 3.81. The first-order valence-electron chi connectivity index (χ1n) is 7.64. The fourth-order valence-electron chi connectivity index (χ4n) is 2.62. The average molecular weight is 294 g/mol. The number of rotatable bonds is 6. The van der Waals surface area contributed by atoms with E-state index in [1.54, 1.807) is 0 Å². The summed E-state index contributed by atoms with van der Waals surface area (Å²) in [5.41, 5.74) is 3.64. The minimum atomic E-state index is 0.595. The van der Waals surface area contributed by atoms with Crippen molar-refractivity contribution in [1.29, 1.82) is 0 Å². The van der Waals surface area contributed by atoms with Crippen LogP contribution in [-0.4, -0.2) is 30.5 Å². The molecule has 0 amide bonds. The van der Waals surface area contributed by atoms with Crippen molar-refractivity contribution in [2.24, 2.45) is 0 Å². The average Bonchev–Trinajstić information content (AvgIpc) is 2.96. The predicted molar refractivity (Wildman–Crippen MR) is 91.3 cm³/mol. The van der Waals surface area contributed by atoms with Gasteiger partial charge in [-0.1, -0.05) is 36.4 Å². The summed E-state index contributed by atoms with van der Waals surface area (Å²) in [6, 6.07) is 16.5. The van der Waals surface area contributed by atoms with Crippen molar-refractivity contribution in [3.8, 4) is 5.75 Å². The maximum absolute atomic E-state index is 6.08. The highest BCUT2D eigenvalue weighted by molar-refractivity contribution is 5.89. The molecule has 0 aliphatic carbocycles. The van der Waals surface area contributed by atoms with Crippen LogP contribution < -0.4 is 4.74 Å². The lowest BCUT2D eigenvalue weighted by Gasteiger charge is -2.11. The first-order chi connectivity index (χ1) is 10.7. The highest BCUT2D eigenvalue weighted by Crippen LogP contribution is 2.29. The van der Waals surface area contributed by atoms with Gasteiger partial charge in [-0.2, -0.15) is 0 Å².